The third kappa shape index (κ3) is 26.1. The molecule has 378 valence electrons. The lowest BCUT2D eigenvalue weighted by molar-refractivity contribution is -0.137. The molecule has 18 nitrogen and oxygen atoms in total. The van der Waals surface area contributed by atoms with Crippen molar-refractivity contribution in [1.82, 2.24) is 36.8 Å². The molecule has 0 aromatic carbocycles. The third-order valence-electron chi connectivity index (χ3n) is 10.9. The molecule has 1 rings (SSSR count). The molecule has 0 saturated carbocycles. The highest BCUT2D eigenvalue weighted by Crippen LogP contribution is 2.30. The summed E-state index contributed by atoms with van der Waals surface area (Å²) in [6, 6.07) is -1.03. The van der Waals surface area contributed by atoms with Crippen molar-refractivity contribution in [3.05, 3.63) is 12.2 Å². The van der Waals surface area contributed by atoms with Crippen LogP contribution < -0.4 is 31.9 Å². The second kappa shape index (κ2) is 28.7. The molecule has 8 amide bonds. The maximum absolute atomic E-state index is 13.4. The van der Waals surface area contributed by atoms with E-state index in [0.717, 1.165) is 42.7 Å². The Morgan fingerprint density at radius 3 is 1.62 bits per heavy atom. The Hall–Kier alpha value is -4.42. The zero-order chi connectivity index (χ0) is 50.2. The summed E-state index contributed by atoms with van der Waals surface area (Å²) in [6.07, 6.45) is 5.62. The number of hydrogen-bond donors (Lipinski definition) is 6. The van der Waals surface area contributed by atoms with E-state index in [4.69, 9.17) is 14.2 Å². The monoisotopic (exact) mass is 936 g/mol. The quantitative estimate of drug-likeness (QED) is 0.0404. The maximum atomic E-state index is 13.4. The molecular formula is C48H85N7O11. The fourth-order valence-corrected chi connectivity index (χ4v) is 6.64. The van der Waals surface area contributed by atoms with Crippen LogP contribution >= 0.6 is 0 Å². The van der Waals surface area contributed by atoms with Crippen LogP contribution in [0.4, 0.5) is 0 Å². The van der Waals surface area contributed by atoms with E-state index in [9.17, 15) is 38.4 Å². The van der Waals surface area contributed by atoms with Gasteiger partial charge in [0.05, 0.1) is 39.6 Å². The average Bonchev–Trinajstić information content (AvgIpc) is 3.53. The van der Waals surface area contributed by atoms with Crippen LogP contribution in [0.2, 0.25) is 0 Å². The van der Waals surface area contributed by atoms with Crippen LogP contribution in [0.25, 0.3) is 0 Å². The third-order valence-corrected chi connectivity index (χ3v) is 10.9. The Balaban J connectivity index is 2.65. The van der Waals surface area contributed by atoms with Crippen LogP contribution in [-0.4, -0.2) is 137 Å². The second-order valence-electron chi connectivity index (χ2n) is 21.3. The van der Waals surface area contributed by atoms with Crippen LogP contribution in [-0.2, 0) is 52.6 Å². The van der Waals surface area contributed by atoms with Crippen molar-refractivity contribution >= 4 is 47.3 Å². The first kappa shape index (κ1) is 59.6. The molecule has 18 heteroatoms. The highest BCUT2D eigenvalue weighted by molar-refractivity contribution is 6.13. The minimum atomic E-state index is -1.03. The standard InChI is InChI=1S/C48H85N7O11/c1-13-19-47(9,10)43(63)53-32-46(7,8)34-66-30-22-49-36(56)15-14-35(41(61)51-24-27-64-28-25-52-42(62)48(11,12)21-20-44(2,3)4)54-38(58)31-45(5,6)33-65-29-23-50-37(57)18-26-55-39(59)16-17-40(55)60/h16-17,35H,13-15,18-34H2,1-12H3,(H,49,56)(H,50,57)(H,51,61)(H,52,62)(H,53,63)(H,54,58)/t35-/m0/s1. The van der Waals surface area contributed by atoms with Gasteiger partial charge in [-0.3, -0.25) is 43.3 Å². The predicted molar refractivity (Wildman–Crippen MR) is 252 cm³/mol. The van der Waals surface area contributed by atoms with Crippen molar-refractivity contribution in [2.45, 2.75) is 140 Å². The van der Waals surface area contributed by atoms with Crippen molar-refractivity contribution < 1.29 is 52.6 Å². The molecule has 0 unspecified atom stereocenters. The summed E-state index contributed by atoms with van der Waals surface area (Å²) in [4.78, 5) is 102. The molecule has 66 heavy (non-hydrogen) atoms. The van der Waals surface area contributed by atoms with Crippen LogP contribution in [0.15, 0.2) is 12.2 Å². The van der Waals surface area contributed by atoms with Gasteiger partial charge in [0, 0.05) is 86.9 Å². The number of amides is 8. The summed E-state index contributed by atoms with van der Waals surface area (Å²) in [5.74, 6) is -2.52. The van der Waals surface area contributed by atoms with Crippen molar-refractivity contribution in [3.8, 4) is 0 Å². The van der Waals surface area contributed by atoms with E-state index in [1.54, 1.807) is 0 Å². The lowest BCUT2D eigenvalue weighted by atomic mass is 9.79. The molecule has 0 aromatic heterocycles. The van der Waals surface area contributed by atoms with E-state index in [2.05, 4.69) is 52.7 Å². The van der Waals surface area contributed by atoms with Crippen molar-refractivity contribution in [2.75, 3.05) is 78.9 Å². The van der Waals surface area contributed by atoms with Crippen molar-refractivity contribution in [1.29, 1.82) is 0 Å². The first-order chi connectivity index (χ1) is 30.6. The number of carbonyl (C=O) groups excluding carboxylic acids is 8. The van der Waals surface area contributed by atoms with Gasteiger partial charge in [-0.2, -0.15) is 0 Å². The summed E-state index contributed by atoms with van der Waals surface area (Å²) in [5, 5.41) is 17.0. The fourth-order valence-electron chi connectivity index (χ4n) is 6.64. The fraction of sp³-hybridized carbons (Fsp3) is 0.792. The van der Waals surface area contributed by atoms with E-state index in [1.807, 2.05) is 62.3 Å². The van der Waals surface area contributed by atoms with Crippen molar-refractivity contribution in [3.63, 3.8) is 0 Å². The Morgan fingerprint density at radius 1 is 0.576 bits per heavy atom. The molecule has 0 fully saturated rings. The number of ether oxygens (including phenoxy) is 3. The molecule has 0 aliphatic carbocycles. The van der Waals surface area contributed by atoms with Crippen molar-refractivity contribution in [2.24, 2.45) is 27.1 Å². The molecule has 1 aliphatic rings. The lowest BCUT2D eigenvalue weighted by Gasteiger charge is -2.28. The number of rotatable bonds is 34. The largest absolute Gasteiger partial charge is 0.379 e. The zero-order valence-corrected chi connectivity index (χ0v) is 42.3. The molecule has 1 aliphatic heterocycles. The number of carbonyl (C=O) groups is 8. The first-order valence-electron chi connectivity index (χ1n) is 23.5. The Bertz CT molecular complexity index is 1620. The van der Waals surface area contributed by atoms with Gasteiger partial charge in [0.2, 0.25) is 35.4 Å². The molecule has 0 spiro atoms. The molecule has 0 saturated heterocycles. The summed E-state index contributed by atoms with van der Waals surface area (Å²) < 4.78 is 17.2. The summed E-state index contributed by atoms with van der Waals surface area (Å²) in [7, 11) is 0. The Labute approximate surface area is 394 Å². The Morgan fingerprint density at radius 2 is 1.06 bits per heavy atom. The summed E-state index contributed by atoms with van der Waals surface area (Å²) >= 11 is 0. The number of nitrogens with one attached hydrogen (secondary N) is 6. The Kier molecular flexibility index (Phi) is 25.9. The average molecular weight is 936 g/mol. The van der Waals surface area contributed by atoms with Gasteiger partial charge in [0.1, 0.15) is 6.04 Å². The number of nitrogens with zero attached hydrogens (tertiary/aromatic N) is 1. The van der Waals surface area contributed by atoms with E-state index in [0.29, 0.717) is 19.7 Å². The summed E-state index contributed by atoms with van der Waals surface area (Å²) in [6.45, 7) is 26.5. The van der Waals surface area contributed by atoms with E-state index in [1.165, 1.54) is 0 Å². The van der Waals surface area contributed by atoms with Crippen LogP contribution in [0, 0.1) is 27.1 Å². The summed E-state index contributed by atoms with van der Waals surface area (Å²) in [5.41, 5.74) is -1.83. The van der Waals surface area contributed by atoms with Gasteiger partial charge in [-0.1, -0.05) is 89.5 Å². The highest BCUT2D eigenvalue weighted by atomic mass is 16.5. The van der Waals surface area contributed by atoms with Gasteiger partial charge >= 0.3 is 0 Å². The van der Waals surface area contributed by atoms with E-state index in [-0.39, 0.29) is 119 Å². The predicted octanol–water partition coefficient (Wildman–Crippen LogP) is 3.32. The van der Waals surface area contributed by atoms with E-state index < -0.39 is 45.9 Å². The lowest BCUT2D eigenvalue weighted by Crippen LogP contribution is -2.49. The van der Waals surface area contributed by atoms with Crippen LogP contribution in [0.5, 0.6) is 0 Å². The molecule has 1 atom stereocenters. The SMILES string of the molecule is CCCC(C)(C)C(=O)NCC(C)(C)COCCNC(=O)CC[C@H](NC(=O)CC(C)(C)COCCNC(=O)CCN1C(=O)C=CC1=O)C(=O)NCCOCCNC(=O)C(C)(C)CCC(C)(C)C. The number of imide groups is 1. The van der Waals surface area contributed by atoms with Crippen LogP contribution in [0.3, 0.4) is 0 Å². The minimum absolute atomic E-state index is 0.00278. The number of hydrogen-bond acceptors (Lipinski definition) is 11. The minimum Gasteiger partial charge on any atom is -0.379 e. The molecule has 0 bridgehead atoms. The first-order valence-corrected chi connectivity index (χ1v) is 23.5. The van der Waals surface area contributed by atoms with Gasteiger partial charge in [-0.25, -0.2) is 0 Å². The van der Waals surface area contributed by atoms with E-state index >= 15 is 0 Å². The normalized spacial score (nSPS) is 13.9. The van der Waals surface area contributed by atoms with Gasteiger partial charge in [-0.15, -0.1) is 0 Å². The van der Waals surface area contributed by atoms with Gasteiger partial charge in [0.15, 0.2) is 0 Å². The highest BCUT2D eigenvalue weighted by Gasteiger charge is 2.31. The smallest absolute Gasteiger partial charge is 0.253 e. The molecule has 0 radical (unpaired) electrons. The zero-order valence-electron chi connectivity index (χ0n) is 42.3. The second-order valence-corrected chi connectivity index (χ2v) is 21.3. The maximum Gasteiger partial charge on any atom is 0.253 e. The molecule has 0 aromatic rings. The topological polar surface area (TPSA) is 240 Å². The van der Waals surface area contributed by atoms with Gasteiger partial charge in [-0.05, 0) is 36.5 Å². The van der Waals surface area contributed by atoms with Gasteiger partial charge in [0.25, 0.3) is 11.8 Å². The van der Waals surface area contributed by atoms with Crippen LogP contribution in [0.1, 0.15) is 134 Å². The molecule has 1 heterocycles. The molecule has 6 N–H and O–H groups in total. The molecular weight excluding hydrogens is 851 g/mol. The van der Waals surface area contributed by atoms with Gasteiger partial charge < -0.3 is 46.1 Å².